The van der Waals surface area contributed by atoms with Crippen molar-refractivity contribution in [1.82, 2.24) is 9.97 Å². The minimum absolute atomic E-state index is 0.0458. The summed E-state index contributed by atoms with van der Waals surface area (Å²) in [5.41, 5.74) is 3.31. The molecule has 0 bridgehead atoms. The molecule has 0 spiro atoms. The number of ether oxygens (including phenoxy) is 2. The van der Waals surface area contributed by atoms with Gasteiger partial charge in [0.1, 0.15) is 12.4 Å². The minimum atomic E-state index is -0.566. The maximum absolute atomic E-state index is 13.6. The van der Waals surface area contributed by atoms with Crippen molar-refractivity contribution in [2.24, 2.45) is 5.41 Å². The normalized spacial score (nSPS) is 18.6. The second-order valence-electron chi connectivity index (χ2n) is 11.0. The molecule has 2 atom stereocenters. The van der Waals surface area contributed by atoms with E-state index in [1.165, 1.54) is 0 Å². The van der Waals surface area contributed by atoms with Gasteiger partial charge in [0.25, 0.3) is 5.56 Å². The molecule has 39 heavy (non-hydrogen) atoms. The lowest BCUT2D eigenvalue weighted by Gasteiger charge is -2.38. The van der Waals surface area contributed by atoms with Crippen molar-refractivity contribution >= 4 is 23.4 Å². The molecule has 8 heteroatoms. The second kappa shape index (κ2) is 10.9. The Morgan fingerprint density at radius 3 is 2.59 bits per heavy atom. The number of hydrogen-bond acceptors (Lipinski definition) is 7. The Hall–Kier alpha value is -3.52. The van der Waals surface area contributed by atoms with Gasteiger partial charge in [0.05, 0.1) is 12.7 Å². The number of methoxy groups -OCH3 is 1. The molecule has 5 rings (SSSR count). The Morgan fingerprint density at radius 2 is 1.87 bits per heavy atom. The summed E-state index contributed by atoms with van der Waals surface area (Å²) >= 11 is 1.54. The molecule has 0 radical (unpaired) electrons. The van der Waals surface area contributed by atoms with Crippen LogP contribution in [0, 0.1) is 5.41 Å². The van der Waals surface area contributed by atoms with Gasteiger partial charge < -0.3 is 19.8 Å². The van der Waals surface area contributed by atoms with Gasteiger partial charge in [-0.25, -0.2) is 4.98 Å². The Morgan fingerprint density at radius 1 is 1.10 bits per heavy atom. The first-order valence-electron chi connectivity index (χ1n) is 13.4. The molecule has 2 aliphatic rings. The molecule has 0 saturated carbocycles. The van der Waals surface area contributed by atoms with Crippen molar-refractivity contribution < 1.29 is 14.3 Å². The number of fused-ring (bicyclic) bond motifs is 1. The number of anilines is 1. The van der Waals surface area contributed by atoms with E-state index in [1.807, 2.05) is 48.5 Å². The topological polar surface area (TPSA) is 93.3 Å². The van der Waals surface area contributed by atoms with Gasteiger partial charge >= 0.3 is 0 Å². The predicted molar refractivity (Wildman–Crippen MR) is 155 cm³/mol. The van der Waals surface area contributed by atoms with Gasteiger partial charge in [-0.1, -0.05) is 75.9 Å². The van der Waals surface area contributed by atoms with Crippen molar-refractivity contribution in [2.45, 2.75) is 69.9 Å². The van der Waals surface area contributed by atoms with Crippen molar-refractivity contribution in [3.05, 3.63) is 86.8 Å². The highest BCUT2D eigenvalue weighted by atomic mass is 32.2. The van der Waals surface area contributed by atoms with Gasteiger partial charge in [0.2, 0.25) is 0 Å². The first kappa shape index (κ1) is 27.1. The van der Waals surface area contributed by atoms with Crippen LogP contribution in [0.5, 0.6) is 11.5 Å². The molecule has 2 unspecified atom stereocenters. The number of aromatic amines is 1. The number of carbonyl (C=O) groups is 1. The van der Waals surface area contributed by atoms with Crippen molar-refractivity contribution in [3.8, 4) is 11.5 Å². The van der Waals surface area contributed by atoms with Gasteiger partial charge in [0.15, 0.2) is 22.4 Å². The van der Waals surface area contributed by atoms with Crippen LogP contribution in [0.15, 0.2) is 69.8 Å². The fourth-order valence-electron chi connectivity index (χ4n) is 5.28. The first-order chi connectivity index (χ1) is 18.7. The van der Waals surface area contributed by atoms with E-state index >= 15 is 0 Å². The smallest absolute Gasteiger partial charge is 0.257 e. The van der Waals surface area contributed by atoms with Crippen molar-refractivity contribution in [3.63, 3.8) is 0 Å². The highest BCUT2D eigenvalue weighted by Crippen LogP contribution is 2.48. The van der Waals surface area contributed by atoms with Gasteiger partial charge in [-0.05, 0) is 41.5 Å². The third kappa shape index (κ3) is 5.62. The quantitative estimate of drug-likeness (QED) is 0.248. The fraction of sp³-hybridized carbons (Fsp3) is 0.387. The predicted octanol–water partition coefficient (Wildman–Crippen LogP) is 6.45. The van der Waals surface area contributed by atoms with Gasteiger partial charge in [-0.2, -0.15) is 0 Å². The average molecular weight is 546 g/mol. The van der Waals surface area contributed by atoms with E-state index in [9.17, 15) is 9.59 Å². The van der Waals surface area contributed by atoms with Crippen LogP contribution >= 0.6 is 11.8 Å². The molecule has 0 amide bonds. The Bertz CT molecular complexity index is 1480. The molecule has 2 N–H and O–H groups in total. The van der Waals surface area contributed by atoms with E-state index in [0.29, 0.717) is 58.3 Å². The van der Waals surface area contributed by atoms with Crippen molar-refractivity contribution in [1.29, 1.82) is 0 Å². The van der Waals surface area contributed by atoms with Crippen LogP contribution in [0.25, 0.3) is 0 Å². The zero-order valence-corrected chi connectivity index (χ0v) is 23.9. The number of allylic oxidation sites excluding steroid dienone is 2. The third-order valence-electron chi connectivity index (χ3n) is 7.35. The number of ketones is 1. The maximum atomic E-state index is 13.6. The van der Waals surface area contributed by atoms with E-state index in [2.05, 4.69) is 38.0 Å². The number of H-pyrrole nitrogens is 1. The van der Waals surface area contributed by atoms with Crippen LogP contribution in [0.1, 0.15) is 69.6 Å². The van der Waals surface area contributed by atoms with E-state index in [4.69, 9.17) is 14.5 Å². The van der Waals surface area contributed by atoms with E-state index in [0.717, 1.165) is 23.2 Å². The maximum Gasteiger partial charge on any atom is 0.257 e. The SMILES string of the molecule is CCC(C)Sc1nc2c(c(=O)[nH]1)C(c1ccc(OC)c(OCc3ccccc3)c1)C1=C(CC(C)(C)CC1=O)N2. The summed E-state index contributed by atoms with van der Waals surface area (Å²) in [6.45, 7) is 8.77. The number of Topliss-reactive ketones (excluding diaryl/α,β-unsaturated/α-hetero) is 1. The van der Waals surface area contributed by atoms with Crippen LogP contribution in [-0.4, -0.2) is 28.1 Å². The Labute approximate surface area is 233 Å². The number of benzene rings is 2. The number of carbonyl (C=O) groups excluding carboxylic acids is 1. The van der Waals surface area contributed by atoms with E-state index in [1.54, 1.807) is 18.9 Å². The first-order valence-corrected chi connectivity index (χ1v) is 14.3. The zero-order valence-electron chi connectivity index (χ0n) is 23.1. The van der Waals surface area contributed by atoms with Crippen LogP contribution in [0.4, 0.5) is 5.82 Å². The summed E-state index contributed by atoms with van der Waals surface area (Å²) in [7, 11) is 1.60. The molecule has 2 aromatic carbocycles. The second-order valence-corrected chi connectivity index (χ2v) is 12.5. The highest BCUT2D eigenvalue weighted by Gasteiger charge is 2.42. The monoisotopic (exact) mass is 545 g/mol. The summed E-state index contributed by atoms with van der Waals surface area (Å²) < 4.78 is 11.8. The summed E-state index contributed by atoms with van der Waals surface area (Å²) in [5.74, 6) is 1.13. The number of thioether (sulfide) groups is 1. The molecule has 2 heterocycles. The number of nitrogens with zero attached hydrogens (tertiary/aromatic N) is 1. The molecular formula is C31H35N3O4S. The number of hydrogen-bond donors (Lipinski definition) is 2. The number of aromatic nitrogens is 2. The van der Waals surface area contributed by atoms with Crippen LogP contribution in [0.3, 0.4) is 0 Å². The average Bonchev–Trinajstić information content (AvgIpc) is 2.90. The molecule has 1 aliphatic carbocycles. The van der Waals surface area contributed by atoms with Gasteiger partial charge in [0, 0.05) is 28.9 Å². The number of rotatable bonds is 8. The summed E-state index contributed by atoms with van der Waals surface area (Å²) in [6, 6.07) is 15.5. The Kier molecular flexibility index (Phi) is 7.58. The van der Waals surface area contributed by atoms with E-state index < -0.39 is 5.92 Å². The lowest BCUT2D eigenvalue weighted by molar-refractivity contribution is -0.118. The van der Waals surface area contributed by atoms with Crippen LogP contribution in [0.2, 0.25) is 0 Å². The Balaban J connectivity index is 1.62. The molecule has 3 aromatic rings. The minimum Gasteiger partial charge on any atom is -0.493 e. The number of nitrogens with one attached hydrogen (secondary N) is 2. The van der Waals surface area contributed by atoms with Crippen molar-refractivity contribution in [2.75, 3.05) is 12.4 Å². The fourth-order valence-corrected chi connectivity index (χ4v) is 6.12. The molecule has 1 aliphatic heterocycles. The molecule has 0 saturated heterocycles. The van der Waals surface area contributed by atoms with Crippen LogP contribution in [-0.2, 0) is 11.4 Å². The van der Waals surface area contributed by atoms with Crippen LogP contribution < -0.4 is 20.3 Å². The third-order valence-corrected chi connectivity index (χ3v) is 8.50. The molecule has 0 fully saturated rings. The standard InChI is InChI=1S/C31H35N3O4S/c1-6-18(2)39-30-33-28-27(29(36)34-30)25(26-21(32-28)15-31(3,4)16-22(26)35)20-12-13-23(37-5)24(14-20)38-17-19-10-8-7-9-11-19/h7-14,18,25H,6,15-17H2,1-5H3,(H2,32,33,34,36). The zero-order chi connectivity index (χ0) is 27.7. The van der Waals surface area contributed by atoms with Gasteiger partial charge in [-0.3, -0.25) is 9.59 Å². The summed E-state index contributed by atoms with van der Waals surface area (Å²) in [6.07, 6.45) is 2.07. The highest BCUT2D eigenvalue weighted by molar-refractivity contribution is 7.99. The van der Waals surface area contributed by atoms with Gasteiger partial charge in [-0.15, -0.1) is 0 Å². The molecule has 204 valence electrons. The molecular weight excluding hydrogens is 510 g/mol. The molecule has 1 aromatic heterocycles. The summed E-state index contributed by atoms with van der Waals surface area (Å²) in [5, 5.41) is 4.28. The largest absolute Gasteiger partial charge is 0.493 e. The molecule has 7 nitrogen and oxygen atoms in total. The summed E-state index contributed by atoms with van der Waals surface area (Å²) in [4.78, 5) is 35.1. The van der Waals surface area contributed by atoms with E-state index in [-0.39, 0.29) is 16.8 Å². The lowest BCUT2D eigenvalue weighted by Crippen LogP contribution is -2.37. The lowest BCUT2D eigenvalue weighted by atomic mass is 9.69.